The predicted molar refractivity (Wildman–Crippen MR) is 95.3 cm³/mol. The lowest BCUT2D eigenvalue weighted by molar-refractivity contribution is -0.248. The maximum absolute atomic E-state index is 11.3. The first-order chi connectivity index (χ1) is 13.1. The van der Waals surface area contributed by atoms with Gasteiger partial charge in [0.25, 0.3) is 0 Å². The molecular formula is C15H15Cl2N5O6. The molecule has 0 spiro atoms. The van der Waals surface area contributed by atoms with E-state index in [1.807, 2.05) is 0 Å². The number of nitrogens with two attached hydrogens (primary N) is 1. The van der Waals surface area contributed by atoms with Gasteiger partial charge in [-0.15, -0.1) is 0 Å². The topological polar surface area (TPSA) is 188 Å². The van der Waals surface area contributed by atoms with Crippen LogP contribution in [0.15, 0.2) is 18.2 Å². The third-order valence-corrected chi connectivity index (χ3v) is 4.99. The molecule has 5 atom stereocenters. The number of carbonyl (C=O) groups is 1. The Bertz CT molecular complexity index is 986. The van der Waals surface area contributed by atoms with E-state index in [0.717, 1.165) is 4.68 Å². The van der Waals surface area contributed by atoms with Crippen molar-refractivity contribution in [2.24, 2.45) is 0 Å². The fraction of sp³-hybridized carbons (Fsp3) is 0.333. The highest BCUT2D eigenvalue weighted by Gasteiger charge is 2.48. The zero-order chi connectivity index (χ0) is 20.7. The number of hydrogen-bond acceptors (Lipinski definition) is 9. The van der Waals surface area contributed by atoms with Crippen molar-refractivity contribution in [2.75, 3.05) is 5.73 Å². The molecule has 7 N–H and O–H groups in total. The van der Waals surface area contributed by atoms with Crippen molar-refractivity contribution in [3.8, 4) is 11.3 Å². The largest absolute Gasteiger partial charge is 0.479 e. The molecule has 1 saturated heterocycles. The Balaban J connectivity index is 2.13. The second-order valence-corrected chi connectivity index (χ2v) is 6.76. The molecule has 28 heavy (non-hydrogen) atoms. The molecule has 0 aliphatic carbocycles. The molecule has 2 heterocycles. The third-order valence-electron chi connectivity index (χ3n) is 4.17. The molecule has 3 rings (SSSR count). The molecule has 1 aromatic carbocycles. The van der Waals surface area contributed by atoms with Crippen molar-refractivity contribution < 1.29 is 30.0 Å². The van der Waals surface area contributed by atoms with Crippen molar-refractivity contribution in [3.05, 3.63) is 33.7 Å². The van der Waals surface area contributed by atoms with Gasteiger partial charge in [-0.05, 0) is 6.07 Å². The van der Waals surface area contributed by atoms with E-state index in [1.54, 1.807) is 6.07 Å². The molecular weight excluding hydrogens is 417 g/mol. The second kappa shape index (κ2) is 7.62. The molecule has 1 fully saturated rings. The quantitative estimate of drug-likeness (QED) is 0.367. The minimum absolute atomic E-state index is 0.0787. The summed E-state index contributed by atoms with van der Waals surface area (Å²) in [6.45, 7) is 0. The SMILES string of the molecule is N=c1nc(N)n(C2OC(C(=O)O)C(O)C(O)C2O)nc1-c1cccc(Cl)c1Cl. The summed E-state index contributed by atoms with van der Waals surface area (Å²) in [7, 11) is 0. The lowest BCUT2D eigenvalue weighted by Crippen LogP contribution is -2.58. The molecule has 11 nitrogen and oxygen atoms in total. The van der Waals surface area contributed by atoms with E-state index in [4.69, 9.17) is 39.1 Å². The zero-order valence-electron chi connectivity index (χ0n) is 13.9. The van der Waals surface area contributed by atoms with E-state index < -0.39 is 42.6 Å². The van der Waals surface area contributed by atoms with Crippen LogP contribution < -0.4 is 11.2 Å². The fourth-order valence-electron chi connectivity index (χ4n) is 2.75. The van der Waals surface area contributed by atoms with E-state index in [9.17, 15) is 25.2 Å². The summed E-state index contributed by atoms with van der Waals surface area (Å²) in [5.41, 5.74) is 5.55. The molecule has 1 aromatic heterocycles. The van der Waals surface area contributed by atoms with Gasteiger partial charge >= 0.3 is 5.97 Å². The number of nitrogens with zero attached hydrogens (tertiary/aromatic N) is 3. The van der Waals surface area contributed by atoms with Gasteiger partial charge in [0.05, 0.1) is 10.0 Å². The standard InChI is InChI=1S/C15H15Cl2N5O6/c16-5-3-1-2-4(6(5)17)7-12(18)20-15(19)22(21-7)13-10(25)8(23)9(24)11(28-13)14(26)27/h1-3,8-11,13,23-25H,(H,26,27)(H3,18,19,20). The molecule has 13 heteroatoms. The van der Waals surface area contributed by atoms with E-state index in [2.05, 4.69) is 10.1 Å². The van der Waals surface area contributed by atoms with Crippen molar-refractivity contribution >= 4 is 35.1 Å². The smallest absolute Gasteiger partial charge is 0.335 e. The number of hydrogen-bond donors (Lipinski definition) is 6. The first-order valence-electron chi connectivity index (χ1n) is 7.81. The van der Waals surface area contributed by atoms with Gasteiger partial charge in [0.2, 0.25) is 5.95 Å². The molecule has 1 aliphatic rings. The maximum atomic E-state index is 11.3. The second-order valence-electron chi connectivity index (χ2n) is 5.97. The summed E-state index contributed by atoms with van der Waals surface area (Å²) in [4.78, 5) is 15.1. The maximum Gasteiger partial charge on any atom is 0.335 e. The molecule has 1 aliphatic heterocycles. The molecule has 5 unspecified atom stereocenters. The van der Waals surface area contributed by atoms with Gasteiger partial charge in [-0.1, -0.05) is 35.3 Å². The lowest BCUT2D eigenvalue weighted by atomic mass is 9.98. The van der Waals surface area contributed by atoms with E-state index >= 15 is 0 Å². The van der Waals surface area contributed by atoms with Crippen LogP contribution in [0.2, 0.25) is 10.0 Å². The molecule has 0 amide bonds. The number of anilines is 1. The third kappa shape index (κ3) is 3.43. The number of aromatic nitrogens is 3. The summed E-state index contributed by atoms with van der Waals surface area (Å²) in [5, 5.41) is 51.6. The summed E-state index contributed by atoms with van der Waals surface area (Å²) in [6, 6.07) is 4.62. The molecule has 2 aromatic rings. The number of aliphatic hydroxyl groups excluding tert-OH is 3. The Labute approximate surface area is 167 Å². The number of benzene rings is 1. The van der Waals surface area contributed by atoms with Crippen LogP contribution in [-0.4, -0.2) is 65.6 Å². The van der Waals surface area contributed by atoms with Crippen molar-refractivity contribution in [3.63, 3.8) is 0 Å². The van der Waals surface area contributed by atoms with Crippen LogP contribution in [0.25, 0.3) is 11.3 Å². The molecule has 0 radical (unpaired) electrons. The minimum atomic E-state index is -1.88. The number of rotatable bonds is 3. The Kier molecular flexibility index (Phi) is 5.57. The highest BCUT2D eigenvalue weighted by Crippen LogP contribution is 2.33. The van der Waals surface area contributed by atoms with E-state index in [-0.39, 0.29) is 26.8 Å². The number of nitrogen functional groups attached to an aromatic ring is 1. The van der Waals surface area contributed by atoms with Gasteiger partial charge < -0.3 is 30.9 Å². The Hall–Kier alpha value is -2.28. The Morgan fingerprint density at radius 1 is 1.21 bits per heavy atom. The van der Waals surface area contributed by atoms with Crippen LogP contribution >= 0.6 is 23.2 Å². The van der Waals surface area contributed by atoms with Gasteiger partial charge in [-0.2, -0.15) is 10.1 Å². The van der Waals surface area contributed by atoms with Crippen LogP contribution in [0.3, 0.4) is 0 Å². The van der Waals surface area contributed by atoms with Crippen LogP contribution in [-0.2, 0) is 9.53 Å². The van der Waals surface area contributed by atoms with Gasteiger partial charge in [-0.3, -0.25) is 5.41 Å². The Morgan fingerprint density at radius 3 is 2.54 bits per heavy atom. The van der Waals surface area contributed by atoms with Crippen LogP contribution in [0, 0.1) is 5.41 Å². The summed E-state index contributed by atoms with van der Waals surface area (Å²) in [6.07, 6.45) is -8.99. The van der Waals surface area contributed by atoms with Crippen molar-refractivity contribution in [1.29, 1.82) is 5.41 Å². The van der Waals surface area contributed by atoms with Crippen molar-refractivity contribution in [1.82, 2.24) is 14.8 Å². The molecule has 150 valence electrons. The number of nitrogens with one attached hydrogen (secondary N) is 1. The number of aliphatic hydroxyl groups is 3. The number of halogens is 2. The van der Waals surface area contributed by atoms with Gasteiger partial charge in [-0.25, -0.2) is 9.48 Å². The lowest BCUT2D eigenvalue weighted by Gasteiger charge is -2.39. The number of ether oxygens (including phenoxy) is 1. The van der Waals surface area contributed by atoms with Crippen LogP contribution in [0.4, 0.5) is 5.95 Å². The molecule has 0 bridgehead atoms. The van der Waals surface area contributed by atoms with Crippen LogP contribution in [0.5, 0.6) is 0 Å². The van der Waals surface area contributed by atoms with Gasteiger partial charge in [0.15, 0.2) is 17.8 Å². The number of carboxylic acid groups (broad SMARTS) is 1. The van der Waals surface area contributed by atoms with Gasteiger partial charge in [0.1, 0.15) is 24.0 Å². The van der Waals surface area contributed by atoms with E-state index in [0.29, 0.717) is 0 Å². The highest BCUT2D eigenvalue weighted by molar-refractivity contribution is 6.43. The van der Waals surface area contributed by atoms with Crippen molar-refractivity contribution in [2.45, 2.75) is 30.6 Å². The molecule has 0 saturated carbocycles. The monoisotopic (exact) mass is 431 g/mol. The Morgan fingerprint density at radius 2 is 1.89 bits per heavy atom. The average molecular weight is 432 g/mol. The fourth-order valence-corrected chi connectivity index (χ4v) is 3.14. The average Bonchev–Trinajstić information content (AvgIpc) is 2.63. The number of aliphatic carboxylic acids is 1. The van der Waals surface area contributed by atoms with E-state index in [1.165, 1.54) is 12.1 Å². The summed E-state index contributed by atoms with van der Waals surface area (Å²) in [5.74, 6) is -1.96. The minimum Gasteiger partial charge on any atom is -0.479 e. The first-order valence-corrected chi connectivity index (χ1v) is 8.56. The highest BCUT2D eigenvalue weighted by atomic mass is 35.5. The zero-order valence-corrected chi connectivity index (χ0v) is 15.4. The van der Waals surface area contributed by atoms with Crippen LogP contribution in [0.1, 0.15) is 6.23 Å². The summed E-state index contributed by atoms with van der Waals surface area (Å²) >= 11 is 12.1. The first kappa shape index (κ1) is 20.5. The van der Waals surface area contributed by atoms with Gasteiger partial charge in [0, 0.05) is 5.56 Å². The normalized spacial score (nSPS) is 27.5. The predicted octanol–water partition coefficient (Wildman–Crippen LogP) is -0.622. The number of carboxylic acids is 1. The summed E-state index contributed by atoms with van der Waals surface area (Å²) < 4.78 is 6.00.